The van der Waals surface area contributed by atoms with Crippen molar-refractivity contribution in [1.29, 1.82) is 0 Å². The number of nitrogens with one attached hydrogen (secondary N) is 2. The van der Waals surface area contributed by atoms with Gasteiger partial charge in [-0.1, -0.05) is 6.07 Å². The minimum atomic E-state index is -4.48. The first-order chi connectivity index (χ1) is 19.8. The lowest BCUT2D eigenvalue weighted by Gasteiger charge is -2.35. The lowest BCUT2D eigenvalue weighted by Crippen LogP contribution is -2.49. The maximum atomic E-state index is 12.6. The minimum absolute atomic E-state index is 0.293. The van der Waals surface area contributed by atoms with Crippen LogP contribution in [0.3, 0.4) is 0 Å². The number of fused-ring (bicyclic) bond motifs is 1. The molecule has 1 amide bonds. The smallest absolute Gasteiger partial charge is 0.367 e. The van der Waals surface area contributed by atoms with Crippen LogP contribution in [0.25, 0.3) is 22.3 Å². The van der Waals surface area contributed by atoms with Gasteiger partial charge in [-0.15, -0.1) is 0 Å². The molecule has 214 valence electrons. The Balaban J connectivity index is 1.08. The molecule has 4 aromatic rings. The molecule has 0 spiro atoms. The summed E-state index contributed by atoms with van der Waals surface area (Å²) >= 11 is 0. The second-order valence-electron chi connectivity index (χ2n) is 10.8. The molecule has 3 aromatic heterocycles. The van der Waals surface area contributed by atoms with Gasteiger partial charge < -0.3 is 15.2 Å². The number of rotatable bonds is 8. The monoisotopic (exact) mass is 564 g/mol. The highest BCUT2D eigenvalue weighted by molar-refractivity contribution is 5.81. The number of imidazole rings is 1. The van der Waals surface area contributed by atoms with E-state index in [1.54, 1.807) is 12.5 Å². The summed E-state index contributed by atoms with van der Waals surface area (Å²) in [6.45, 7) is 2.27. The van der Waals surface area contributed by atoms with Crippen LogP contribution in [0.5, 0.6) is 0 Å². The van der Waals surface area contributed by atoms with Crippen molar-refractivity contribution in [3.8, 4) is 11.3 Å². The van der Waals surface area contributed by atoms with E-state index in [0.29, 0.717) is 45.2 Å². The zero-order chi connectivity index (χ0) is 28.4. The molecule has 1 aliphatic carbocycles. The zero-order valence-corrected chi connectivity index (χ0v) is 22.5. The number of H-pyrrole nitrogens is 1. The molecule has 6 rings (SSSR count). The highest BCUT2D eigenvalue weighted by atomic mass is 19.4. The van der Waals surface area contributed by atoms with Gasteiger partial charge in [0.25, 0.3) is 0 Å². The molecule has 2 aliphatic rings. The van der Waals surface area contributed by atoms with E-state index in [2.05, 4.69) is 30.2 Å². The molecule has 0 unspecified atom stereocenters. The van der Waals surface area contributed by atoms with Gasteiger partial charge in [-0.3, -0.25) is 14.7 Å². The molecule has 1 aliphatic heterocycles. The number of pyridine rings is 1. The molecule has 0 radical (unpaired) electrons. The van der Waals surface area contributed by atoms with E-state index in [0.717, 1.165) is 45.2 Å². The predicted octanol–water partition coefficient (Wildman–Crippen LogP) is 4.57. The van der Waals surface area contributed by atoms with Crippen LogP contribution in [-0.4, -0.2) is 79.0 Å². The molecule has 0 bridgehead atoms. The minimum Gasteiger partial charge on any atom is -0.367 e. The van der Waals surface area contributed by atoms with Gasteiger partial charge in [-0.2, -0.15) is 13.2 Å². The molecule has 1 saturated carbocycles. The molecular formula is C29H31F3N8O. The summed E-state index contributed by atoms with van der Waals surface area (Å²) in [5.74, 6) is 0.783. The fourth-order valence-electron chi connectivity index (χ4n) is 5.25. The van der Waals surface area contributed by atoms with Crippen molar-refractivity contribution in [2.75, 3.05) is 31.5 Å². The van der Waals surface area contributed by atoms with Gasteiger partial charge in [-0.25, -0.2) is 15.0 Å². The lowest BCUT2D eigenvalue weighted by molar-refractivity contribution is -0.162. The standard InChI is InChI=1S/C29H31F3N8O/c30-29(31,32)16-28(41)40-10-8-39(9-11-40)17-19-6-7-33-22(12-19)14-27-37-23-5-4-20(13-25(23)38-27)24-15-26(35-18-34-24)36-21-2-1-3-21/h4-7,12-13,15,18,21H,1-3,8-11,14,16-17H2,(H,37,38)(H,34,35,36). The van der Waals surface area contributed by atoms with Gasteiger partial charge in [-0.05, 0) is 49.1 Å². The van der Waals surface area contributed by atoms with Crippen molar-refractivity contribution in [2.24, 2.45) is 0 Å². The number of amides is 1. The van der Waals surface area contributed by atoms with Gasteiger partial charge in [0.2, 0.25) is 5.91 Å². The van der Waals surface area contributed by atoms with E-state index in [9.17, 15) is 18.0 Å². The van der Waals surface area contributed by atoms with Gasteiger partial charge >= 0.3 is 6.18 Å². The fourth-order valence-corrected chi connectivity index (χ4v) is 5.25. The molecule has 9 nitrogen and oxygen atoms in total. The van der Waals surface area contributed by atoms with Crippen LogP contribution < -0.4 is 5.32 Å². The summed E-state index contributed by atoms with van der Waals surface area (Å²) in [6.07, 6.45) is 1.61. The number of hydrogen-bond donors (Lipinski definition) is 2. The fraction of sp³-hybridized carbons (Fsp3) is 0.414. The number of carbonyl (C=O) groups excluding carboxylic acids is 1. The molecule has 2 N–H and O–H groups in total. The molecule has 2 fully saturated rings. The third kappa shape index (κ3) is 6.82. The Morgan fingerprint density at radius 3 is 2.61 bits per heavy atom. The molecule has 1 saturated heterocycles. The first-order valence-electron chi connectivity index (χ1n) is 13.9. The van der Waals surface area contributed by atoms with Crippen molar-refractivity contribution >= 4 is 22.8 Å². The van der Waals surface area contributed by atoms with E-state index < -0.39 is 18.5 Å². The van der Waals surface area contributed by atoms with Crippen molar-refractivity contribution in [3.05, 3.63) is 66.0 Å². The molecule has 0 atom stereocenters. The van der Waals surface area contributed by atoms with Crippen LogP contribution in [0.2, 0.25) is 0 Å². The van der Waals surface area contributed by atoms with Crippen LogP contribution in [0.15, 0.2) is 48.9 Å². The SMILES string of the molecule is O=C(CC(F)(F)F)N1CCN(Cc2ccnc(Cc3nc4ccc(-c5cc(NC6CCC6)ncn5)cc4[nH]3)c2)CC1. The third-order valence-corrected chi connectivity index (χ3v) is 7.66. The summed E-state index contributed by atoms with van der Waals surface area (Å²) in [5, 5.41) is 3.47. The molecule has 41 heavy (non-hydrogen) atoms. The summed E-state index contributed by atoms with van der Waals surface area (Å²) < 4.78 is 37.7. The summed E-state index contributed by atoms with van der Waals surface area (Å²) in [6, 6.07) is 12.5. The second-order valence-corrected chi connectivity index (χ2v) is 10.8. The third-order valence-electron chi connectivity index (χ3n) is 7.66. The van der Waals surface area contributed by atoms with Gasteiger partial charge in [0.05, 0.1) is 16.7 Å². The Morgan fingerprint density at radius 1 is 1.02 bits per heavy atom. The first kappa shape index (κ1) is 27.1. The van der Waals surface area contributed by atoms with Gasteiger partial charge in [0.15, 0.2) is 0 Å². The number of piperazine rings is 1. The van der Waals surface area contributed by atoms with E-state index in [-0.39, 0.29) is 0 Å². The normalized spacial score (nSPS) is 16.6. The molecular weight excluding hydrogens is 533 g/mol. The Hall–Kier alpha value is -4.06. The lowest BCUT2D eigenvalue weighted by atomic mass is 9.93. The van der Waals surface area contributed by atoms with Crippen molar-refractivity contribution in [3.63, 3.8) is 0 Å². The number of benzene rings is 1. The molecule has 12 heteroatoms. The molecule has 4 heterocycles. The molecule has 1 aromatic carbocycles. The Morgan fingerprint density at radius 2 is 1.85 bits per heavy atom. The summed E-state index contributed by atoms with van der Waals surface area (Å²) in [5.41, 5.74) is 5.52. The van der Waals surface area contributed by atoms with Crippen LogP contribution in [0, 0.1) is 0 Å². The number of aromatic nitrogens is 5. The maximum absolute atomic E-state index is 12.6. The number of carbonyl (C=O) groups is 1. The Bertz CT molecular complexity index is 1530. The van der Waals surface area contributed by atoms with Gasteiger partial charge in [0.1, 0.15) is 24.4 Å². The van der Waals surface area contributed by atoms with Crippen LogP contribution in [0.1, 0.15) is 42.8 Å². The quantitative estimate of drug-likeness (QED) is 0.323. The van der Waals surface area contributed by atoms with E-state index in [1.807, 2.05) is 36.4 Å². The summed E-state index contributed by atoms with van der Waals surface area (Å²) in [7, 11) is 0. The predicted molar refractivity (Wildman–Crippen MR) is 148 cm³/mol. The van der Waals surface area contributed by atoms with E-state index in [4.69, 9.17) is 4.98 Å². The summed E-state index contributed by atoms with van der Waals surface area (Å²) in [4.78, 5) is 36.8. The number of hydrogen-bond acceptors (Lipinski definition) is 7. The van der Waals surface area contributed by atoms with Crippen molar-refractivity contribution in [2.45, 2.75) is 50.9 Å². The first-order valence-corrected chi connectivity index (χ1v) is 13.9. The Kier molecular flexibility index (Phi) is 7.57. The average Bonchev–Trinajstić information content (AvgIpc) is 3.32. The second kappa shape index (κ2) is 11.4. The number of anilines is 1. The highest BCUT2D eigenvalue weighted by Gasteiger charge is 2.34. The van der Waals surface area contributed by atoms with Crippen LogP contribution in [0.4, 0.5) is 19.0 Å². The number of nitrogens with zero attached hydrogens (tertiary/aromatic N) is 6. The Labute approximate surface area is 235 Å². The highest BCUT2D eigenvalue weighted by Crippen LogP contribution is 2.26. The zero-order valence-electron chi connectivity index (χ0n) is 22.5. The maximum Gasteiger partial charge on any atom is 0.397 e. The average molecular weight is 565 g/mol. The van der Waals surface area contributed by atoms with Crippen LogP contribution in [-0.2, 0) is 17.8 Å². The number of alkyl halides is 3. The van der Waals surface area contributed by atoms with Crippen LogP contribution >= 0.6 is 0 Å². The van der Waals surface area contributed by atoms with E-state index in [1.165, 1.54) is 24.2 Å². The largest absolute Gasteiger partial charge is 0.397 e. The van der Waals surface area contributed by atoms with Crippen molar-refractivity contribution in [1.82, 2.24) is 34.7 Å². The van der Waals surface area contributed by atoms with Crippen molar-refractivity contribution < 1.29 is 18.0 Å². The van der Waals surface area contributed by atoms with E-state index >= 15 is 0 Å². The topological polar surface area (TPSA) is 103 Å². The van der Waals surface area contributed by atoms with Gasteiger partial charge in [0, 0.05) is 68.7 Å². The number of halogens is 3. The number of aromatic amines is 1.